The van der Waals surface area contributed by atoms with Gasteiger partial charge in [0, 0.05) is 68.5 Å². The minimum absolute atomic E-state index is 0.00348. The highest BCUT2D eigenvalue weighted by atomic mass is 32.2. The Balaban J connectivity index is 2.05. The molecule has 5 nitrogen and oxygen atoms in total. The molecule has 1 aliphatic rings. The van der Waals surface area contributed by atoms with Gasteiger partial charge in [-0.25, -0.2) is 8.78 Å². The van der Waals surface area contributed by atoms with E-state index in [0.717, 1.165) is 25.7 Å². The van der Waals surface area contributed by atoms with Crippen LogP contribution >= 0.6 is 0 Å². The average Bonchev–Trinajstić information content (AvgIpc) is 2.50. The summed E-state index contributed by atoms with van der Waals surface area (Å²) in [6.45, 7) is 4.44. The number of nitrogens with zero attached hydrogens (tertiary/aromatic N) is 2. The average molecular weight is 347 g/mol. The van der Waals surface area contributed by atoms with Crippen molar-refractivity contribution in [3.8, 4) is 5.75 Å². The fourth-order valence-corrected chi connectivity index (χ4v) is 2.85. The van der Waals surface area contributed by atoms with Gasteiger partial charge in [0.1, 0.15) is 5.82 Å². The second-order valence-electron chi connectivity index (χ2n) is 5.48. The van der Waals surface area contributed by atoms with Crippen LogP contribution in [0.3, 0.4) is 0 Å². The molecule has 0 amide bonds. The van der Waals surface area contributed by atoms with Crippen molar-refractivity contribution in [1.29, 1.82) is 0 Å². The Morgan fingerprint density at radius 3 is 2.52 bits per heavy atom. The van der Waals surface area contributed by atoms with E-state index in [1.54, 1.807) is 6.26 Å². The SMILES string of the molecule is C[S@](=O)CCOc1cc(N2CCN(CCN)CC2)c(F)cc1F. The fraction of sp³-hybridized carbons (Fsp3) is 0.600. The van der Waals surface area contributed by atoms with Crippen LogP contribution in [0.25, 0.3) is 0 Å². The Morgan fingerprint density at radius 1 is 1.22 bits per heavy atom. The van der Waals surface area contributed by atoms with E-state index in [-0.39, 0.29) is 12.4 Å². The summed E-state index contributed by atoms with van der Waals surface area (Å²) in [4.78, 5) is 4.10. The molecule has 0 radical (unpaired) electrons. The molecule has 1 saturated heterocycles. The first kappa shape index (κ1) is 18.1. The first-order valence-electron chi connectivity index (χ1n) is 7.60. The van der Waals surface area contributed by atoms with Crippen LogP contribution in [-0.4, -0.2) is 67.0 Å². The maximum Gasteiger partial charge on any atom is 0.168 e. The van der Waals surface area contributed by atoms with Gasteiger partial charge in [0.25, 0.3) is 0 Å². The molecule has 23 heavy (non-hydrogen) atoms. The van der Waals surface area contributed by atoms with Crippen molar-refractivity contribution in [2.75, 3.05) is 62.8 Å². The molecule has 0 aliphatic carbocycles. The summed E-state index contributed by atoms with van der Waals surface area (Å²) >= 11 is 0. The monoisotopic (exact) mass is 347 g/mol. The highest BCUT2D eigenvalue weighted by Crippen LogP contribution is 2.29. The molecule has 0 aromatic heterocycles. The topological polar surface area (TPSA) is 58.8 Å². The van der Waals surface area contributed by atoms with Crippen molar-refractivity contribution in [2.24, 2.45) is 5.73 Å². The third kappa shape index (κ3) is 5.12. The van der Waals surface area contributed by atoms with Crippen LogP contribution in [-0.2, 0) is 10.8 Å². The largest absolute Gasteiger partial charge is 0.489 e. The molecule has 0 saturated carbocycles. The number of piperazine rings is 1. The van der Waals surface area contributed by atoms with Crippen molar-refractivity contribution in [2.45, 2.75) is 0 Å². The summed E-state index contributed by atoms with van der Waals surface area (Å²) in [5.41, 5.74) is 5.88. The number of hydrogen-bond donors (Lipinski definition) is 1. The first-order valence-corrected chi connectivity index (χ1v) is 9.33. The third-order valence-corrected chi connectivity index (χ3v) is 4.53. The molecular weight excluding hydrogens is 324 g/mol. The number of ether oxygens (including phenoxy) is 1. The first-order chi connectivity index (χ1) is 11.0. The summed E-state index contributed by atoms with van der Waals surface area (Å²) in [5, 5.41) is 0. The van der Waals surface area contributed by atoms with E-state index in [1.165, 1.54) is 6.07 Å². The smallest absolute Gasteiger partial charge is 0.168 e. The number of nitrogens with two attached hydrogens (primary N) is 1. The molecule has 0 spiro atoms. The molecule has 1 heterocycles. The number of halogens is 2. The third-order valence-electron chi connectivity index (χ3n) is 3.79. The summed E-state index contributed by atoms with van der Waals surface area (Å²) < 4.78 is 44.2. The number of benzene rings is 1. The molecule has 8 heteroatoms. The van der Waals surface area contributed by atoms with E-state index in [9.17, 15) is 13.0 Å². The number of rotatable bonds is 7. The van der Waals surface area contributed by atoms with Gasteiger partial charge in [-0.3, -0.25) is 9.11 Å². The predicted octanol–water partition coefficient (Wildman–Crippen LogP) is 0.803. The van der Waals surface area contributed by atoms with Gasteiger partial charge in [-0.15, -0.1) is 0 Å². The van der Waals surface area contributed by atoms with E-state index in [1.807, 2.05) is 4.90 Å². The van der Waals surface area contributed by atoms with Crippen LogP contribution in [0.4, 0.5) is 14.5 Å². The second-order valence-corrected chi connectivity index (χ2v) is 7.03. The van der Waals surface area contributed by atoms with Gasteiger partial charge in [0.2, 0.25) is 0 Å². The maximum absolute atomic E-state index is 14.1. The van der Waals surface area contributed by atoms with Crippen molar-refractivity contribution in [3.63, 3.8) is 0 Å². The molecule has 1 fully saturated rings. The quantitative estimate of drug-likeness (QED) is 0.791. The lowest BCUT2D eigenvalue weighted by molar-refractivity contribution is 0.264. The van der Waals surface area contributed by atoms with Gasteiger partial charge >= 0.3 is 0 Å². The van der Waals surface area contributed by atoms with Crippen LogP contribution < -0.4 is 15.4 Å². The zero-order valence-corrected chi connectivity index (χ0v) is 14.1. The van der Waals surface area contributed by atoms with Gasteiger partial charge in [-0.2, -0.15) is 0 Å². The van der Waals surface area contributed by atoms with Gasteiger partial charge in [0.05, 0.1) is 18.0 Å². The van der Waals surface area contributed by atoms with Gasteiger partial charge < -0.3 is 15.4 Å². The van der Waals surface area contributed by atoms with Crippen molar-refractivity contribution in [1.82, 2.24) is 4.90 Å². The Hall–Kier alpha value is -1.25. The zero-order chi connectivity index (χ0) is 16.8. The van der Waals surface area contributed by atoms with Crippen LogP contribution in [0, 0.1) is 11.6 Å². The number of anilines is 1. The molecule has 1 atom stereocenters. The van der Waals surface area contributed by atoms with Crippen LogP contribution in [0.2, 0.25) is 0 Å². The lowest BCUT2D eigenvalue weighted by Gasteiger charge is -2.36. The molecule has 130 valence electrons. The molecule has 2 rings (SSSR count). The van der Waals surface area contributed by atoms with Gasteiger partial charge in [-0.1, -0.05) is 0 Å². The van der Waals surface area contributed by atoms with Crippen LogP contribution in [0.1, 0.15) is 0 Å². The van der Waals surface area contributed by atoms with Gasteiger partial charge in [-0.05, 0) is 0 Å². The maximum atomic E-state index is 14.1. The summed E-state index contributed by atoms with van der Waals surface area (Å²) in [6, 6.07) is 2.24. The molecular formula is C15H23F2N3O2S. The van der Waals surface area contributed by atoms with E-state index in [4.69, 9.17) is 10.5 Å². The minimum Gasteiger partial charge on any atom is -0.489 e. The Kier molecular flexibility index (Phi) is 6.73. The van der Waals surface area contributed by atoms with E-state index in [0.29, 0.717) is 31.1 Å². The summed E-state index contributed by atoms with van der Waals surface area (Å²) in [6.07, 6.45) is 1.55. The lowest BCUT2D eigenvalue weighted by atomic mass is 10.2. The van der Waals surface area contributed by atoms with Crippen molar-refractivity contribution in [3.05, 3.63) is 23.8 Å². The standard InChI is InChI=1S/C15H23F2N3O2S/c1-23(21)9-8-22-15-11-14(12(16)10-13(15)17)20-6-4-19(3-2-18)5-7-20/h10-11H,2-9,18H2,1H3/t23-/m0/s1. The van der Waals surface area contributed by atoms with Gasteiger partial charge in [0.15, 0.2) is 11.6 Å². The highest BCUT2D eigenvalue weighted by molar-refractivity contribution is 7.84. The highest BCUT2D eigenvalue weighted by Gasteiger charge is 2.21. The van der Waals surface area contributed by atoms with Crippen LogP contribution in [0.15, 0.2) is 12.1 Å². The fourth-order valence-electron chi connectivity index (χ4n) is 2.54. The molecule has 0 unspecified atom stereocenters. The number of hydrogen-bond acceptors (Lipinski definition) is 5. The Morgan fingerprint density at radius 2 is 1.91 bits per heavy atom. The zero-order valence-electron chi connectivity index (χ0n) is 13.3. The van der Waals surface area contributed by atoms with Crippen LogP contribution in [0.5, 0.6) is 5.75 Å². The Bertz CT molecular complexity index is 552. The van der Waals surface area contributed by atoms with E-state index in [2.05, 4.69) is 4.90 Å². The molecule has 1 aromatic rings. The molecule has 2 N–H and O–H groups in total. The Labute approximate surface area is 137 Å². The lowest BCUT2D eigenvalue weighted by Crippen LogP contribution is -2.48. The predicted molar refractivity (Wildman–Crippen MR) is 88.5 cm³/mol. The molecule has 0 bridgehead atoms. The summed E-state index contributed by atoms with van der Waals surface area (Å²) in [7, 11) is -1.01. The van der Waals surface area contributed by atoms with Crippen molar-refractivity contribution < 1.29 is 17.7 Å². The molecule has 1 aliphatic heterocycles. The molecule has 1 aromatic carbocycles. The minimum atomic E-state index is -1.01. The van der Waals surface area contributed by atoms with Crippen molar-refractivity contribution >= 4 is 16.5 Å². The summed E-state index contributed by atoms with van der Waals surface area (Å²) in [5.74, 6) is -1.03. The van der Waals surface area contributed by atoms with E-state index >= 15 is 0 Å². The van der Waals surface area contributed by atoms with E-state index < -0.39 is 22.4 Å². The second kappa shape index (κ2) is 8.56. The normalized spacial score (nSPS) is 17.3.